The second kappa shape index (κ2) is 12.8. The fourth-order valence-corrected chi connectivity index (χ4v) is 6.33. The van der Waals surface area contributed by atoms with Crippen molar-refractivity contribution in [2.45, 2.75) is 78.6 Å². The maximum Gasteiger partial charge on any atom is 0.312 e. The minimum absolute atomic E-state index is 0.00824. The van der Waals surface area contributed by atoms with E-state index in [9.17, 15) is 19.2 Å². The van der Waals surface area contributed by atoms with Crippen LogP contribution in [0.25, 0.3) is 5.69 Å². The molecular formula is C32H44FN4O7+. The number of carbonyl (C=O) groups is 4. The number of ketones is 1. The number of rotatable bonds is 10. The highest BCUT2D eigenvalue weighted by atomic mass is 19.1. The zero-order chi connectivity index (χ0) is 32.6. The summed E-state index contributed by atoms with van der Waals surface area (Å²) in [6.45, 7) is 7.80. The Hall–Kier alpha value is -3.64. The number of aromatic nitrogens is 2. The first-order chi connectivity index (χ1) is 20.4. The Kier molecular flexibility index (Phi) is 9.65. The van der Waals surface area contributed by atoms with Crippen molar-refractivity contribution in [2.24, 2.45) is 17.1 Å². The molecule has 1 aliphatic heterocycles. The van der Waals surface area contributed by atoms with Gasteiger partial charge in [-0.25, -0.2) is 9.07 Å². The van der Waals surface area contributed by atoms with Gasteiger partial charge >= 0.3 is 11.9 Å². The molecule has 3 atom stereocenters. The Labute approximate surface area is 257 Å². The number of carbonyl (C=O) groups excluding carboxylic acids is 4. The van der Waals surface area contributed by atoms with E-state index in [1.54, 1.807) is 17.7 Å². The molecule has 11 nitrogen and oxygen atoms in total. The maximum atomic E-state index is 15.5. The number of benzene rings is 1. The summed E-state index contributed by atoms with van der Waals surface area (Å²) in [4.78, 5) is 49.6. The SMILES string of the molecule is CC(=O)OC(CC(=O)OC1CC(Cc2cc(-n3nc(C)c4c3CC(C)(C)CC4=O)cc(F)c2C(N)=O)CCO1)C[N+](C)(C)C. The van der Waals surface area contributed by atoms with Gasteiger partial charge in [-0.05, 0) is 49.1 Å². The van der Waals surface area contributed by atoms with Gasteiger partial charge in [0.05, 0.1) is 62.4 Å². The zero-order valence-corrected chi connectivity index (χ0v) is 26.7. The van der Waals surface area contributed by atoms with Gasteiger partial charge in [0.1, 0.15) is 12.4 Å². The number of hydrogen-bond donors (Lipinski definition) is 1. The van der Waals surface area contributed by atoms with Crippen molar-refractivity contribution in [3.05, 3.63) is 46.0 Å². The van der Waals surface area contributed by atoms with Crippen molar-refractivity contribution in [2.75, 3.05) is 34.3 Å². The molecule has 3 unspecified atom stereocenters. The molecule has 1 amide bonds. The van der Waals surface area contributed by atoms with Crippen LogP contribution < -0.4 is 5.73 Å². The summed E-state index contributed by atoms with van der Waals surface area (Å²) in [6, 6.07) is 2.93. The fourth-order valence-electron chi connectivity index (χ4n) is 6.33. The lowest BCUT2D eigenvalue weighted by atomic mass is 9.75. The van der Waals surface area contributed by atoms with Crippen LogP contribution in [0.2, 0.25) is 0 Å². The highest BCUT2D eigenvalue weighted by molar-refractivity contribution is 6.00. The van der Waals surface area contributed by atoms with E-state index in [1.165, 1.54) is 13.0 Å². The van der Waals surface area contributed by atoms with Gasteiger partial charge in [0.2, 0.25) is 6.29 Å². The third kappa shape index (κ3) is 8.09. The lowest BCUT2D eigenvalue weighted by Gasteiger charge is -2.31. The Balaban J connectivity index is 1.54. The Morgan fingerprint density at radius 2 is 1.93 bits per heavy atom. The smallest absolute Gasteiger partial charge is 0.312 e. The number of amides is 1. The van der Waals surface area contributed by atoms with Gasteiger partial charge < -0.3 is 24.4 Å². The molecule has 2 N–H and O–H groups in total. The third-order valence-electron chi connectivity index (χ3n) is 7.97. The van der Waals surface area contributed by atoms with Gasteiger partial charge in [0.15, 0.2) is 11.9 Å². The number of esters is 2. The number of likely N-dealkylation sites (N-methyl/N-ethyl adjacent to an activating group) is 1. The fraction of sp³-hybridized carbons (Fsp3) is 0.594. The summed E-state index contributed by atoms with van der Waals surface area (Å²) in [6.07, 6.45) is 0.572. The molecule has 240 valence electrons. The summed E-state index contributed by atoms with van der Waals surface area (Å²) in [5.41, 5.74) is 7.81. The van der Waals surface area contributed by atoms with E-state index in [2.05, 4.69) is 5.10 Å². The molecule has 2 heterocycles. The second-order valence-electron chi connectivity index (χ2n) is 13.9. The number of Topliss-reactive ketones (excluding diaryl/α,β-unsaturated/α-hetero) is 1. The zero-order valence-electron chi connectivity index (χ0n) is 26.7. The molecule has 4 rings (SSSR count). The molecule has 0 saturated carbocycles. The number of aryl methyl sites for hydroxylation is 1. The van der Waals surface area contributed by atoms with Crippen molar-refractivity contribution in [1.29, 1.82) is 0 Å². The lowest BCUT2D eigenvalue weighted by Crippen LogP contribution is -2.44. The molecule has 2 aromatic rings. The summed E-state index contributed by atoms with van der Waals surface area (Å²) >= 11 is 0. The monoisotopic (exact) mass is 615 g/mol. The number of fused-ring (bicyclic) bond motifs is 1. The molecule has 0 radical (unpaired) electrons. The molecule has 0 bridgehead atoms. The number of ether oxygens (including phenoxy) is 3. The van der Waals surface area contributed by atoms with Gasteiger partial charge in [-0.1, -0.05) is 13.8 Å². The topological polar surface area (TPSA) is 140 Å². The molecule has 1 aromatic carbocycles. The molecule has 12 heteroatoms. The van der Waals surface area contributed by atoms with Gasteiger partial charge in [0.25, 0.3) is 5.91 Å². The molecule has 44 heavy (non-hydrogen) atoms. The first-order valence-electron chi connectivity index (χ1n) is 15.0. The van der Waals surface area contributed by atoms with E-state index < -0.39 is 36.1 Å². The van der Waals surface area contributed by atoms with E-state index in [-0.39, 0.29) is 35.5 Å². The van der Waals surface area contributed by atoms with Crippen LogP contribution in [0.15, 0.2) is 12.1 Å². The van der Waals surface area contributed by atoms with E-state index in [4.69, 9.17) is 19.9 Å². The average Bonchev–Trinajstić information content (AvgIpc) is 3.17. The molecule has 0 spiro atoms. The normalized spacial score (nSPS) is 20.5. The van der Waals surface area contributed by atoms with Crippen LogP contribution in [0.1, 0.15) is 84.1 Å². The highest BCUT2D eigenvalue weighted by Gasteiger charge is 2.36. The van der Waals surface area contributed by atoms with Crippen molar-refractivity contribution < 1.29 is 42.3 Å². The van der Waals surface area contributed by atoms with Crippen LogP contribution in [0.4, 0.5) is 4.39 Å². The first-order valence-corrected chi connectivity index (χ1v) is 15.0. The Bertz CT molecular complexity index is 1460. The average molecular weight is 616 g/mol. The summed E-state index contributed by atoms with van der Waals surface area (Å²) in [5.74, 6) is -2.80. The molecule has 1 aliphatic carbocycles. The number of halogens is 1. The van der Waals surface area contributed by atoms with Crippen molar-refractivity contribution in [3.8, 4) is 5.69 Å². The maximum absolute atomic E-state index is 15.5. The minimum Gasteiger partial charge on any atom is -0.456 e. The Morgan fingerprint density at radius 3 is 2.57 bits per heavy atom. The quantitative estimate of drug-likeness (QED) is 0.317. The number of nitrogens with two attached hydrogens (primary N) is 1. The van der Waals surface area contributed by atoms with Crippen LogP contribution in [0, 0.1) is 24.1 Å². The molecule has 2 aliphatic rings. The summed E-state index contributed by atoms with van der Waals surface area (Å²) in [7, 11) is 5.78. The number of quaternary nitrogens is 1. The van der Waals surface area contributed by atoms with E-state index in [0.717, 1.165) is 5.69 Å². The number of hydrogen-bond acceptors (Lipinski definition) is 8. The second-order valence-corrected chi connectivity index (χ2v) is 13.9. The minimum atomic E-state index is -0.886. The van der Waals surface area contributed by atoms with Crippen LogP contribution in [-0.2, 0) is 36.6 Å². The van der Waals surface area contributed by atoms with E-state index in [0.29, 0.717) is 65.8 Å². The van der Waals surface area contributed by atoms with Gasteiger partial charge in [-0.2, -0.15) is 5.10 Å². The molecule has 1 saturated heterocycles. The predicted molar refractivity (Wildman–Crippen MR) is 159 cm³/mol. The predicted octanol–water partition coefficient (Wildman–Crippen LogP) is 3.44. The van der Waals surface area contributed by atoms with Crippen molar-refractivity contribution in [1.82, 2.24) is 9.78 Å². The van der Waals surface area contributed by atoms with Crippen molar-refractivity contribution in [3.63, 3.8) is 0 Å². The van der Waals surface area contributed by atoms with Gasteiger partial charge in [-0.15, -0.1) is 0 Å². The van der Waals surface area contributed by atoms with Crippen molar-refractivity contribution >= 4 is 23.6 Å². The largest absolute Gasteiger partial charge is 0.456 e. The number of primary amides is 1. The molecule has 1 aromatic heterocycles. The summed E-state index contributed by atoms with van der Waals surface area (Å²) < 4.78 is 34.2. The Morgan fingerprint density at radius 1 is 1.23 bits per heavy atom. The summed E-state index contributed by atoms with van der Waals surface area (Å²) in [5, 5.41) is 4.59. The van der Waals surface area contributed by atoms with Crippen LogP contribution in [0.5, 0.6) is 0 Å². The number of nitrogens with zero attached hydrogens (tertiary/aromatic N) is 3. The third-order valence-corrected chi connectivity index (χ3v) is 7.97. The van der Waals surface area contributed by atoms with Crippen LogP contribution >= 0.6 is 0 Å². The van der Waals surface area contributed by atoms with E-state index >= 15 is 4.39 Å². The van der Waals surface area contributed by atoms with Gasteiger partial charge in [0, 0.05) is 25.8 Å². The van der Waals surface area contributed by atoms with E-state index in [1.807, 2.05) is 35.0 Å². The van der Waals surface area contributed by atoms with Crippen LogP contribution in [0.3, 0.4) is 0 Å². The van der Waals surface area contributed by atoms with Crippen LogP contribution in [-0.4, -0.2) is 84.6 Å². The standard InChI is InChI=1S/C32H43FN4O7/c1-18-29-25(15-32(3,4)16-26(29)39)36(35-18)22-12-21(30(31(34)41)24(33)13-22)10-20-8-9-42-28(11-20)44-27(40)14-23(43-19(2)38)17-37(5,6)7/h12-13,20,23,28H,8-11,14-17H2,1-7H3,(H-,34,41)/p+1. The first kappa shape index (κ1) is 33.3. The molecular weight excluding hydrogens is 571 g/mol. The lowest BCUT2D eigenvalue weighted by molar-refractivity contribution is -0.873. The highest BCUT2D eigenvalue weighted by Crippen LogP contribution is 2.37. The van der Waals surface area contributed by atoms with Gasteiger partial charge in [-0.3, -0.25) is 19.2 Å². The molecule has 1 fully saturated rings.